The molecule has 0 saturated heterocycles. The van der Waals surface area contributed by atoms with E-state index in [-0.39, 0.29) is 17.9 Å². The Hall–Kier alpha value is -3.91. The highest BCUT2D eigenvalue weighted by Crippen LogP contribution is 2.35. The van der Waals surface area contributed by atoms with Crippen LogP contribution < -0.4 is 14.8 Å². The van der Waals surface area contributed by atoms with Crippen molar-refractivity contribution in [2.75, 3.05) is 11.9 Å². The van der Waals surface area contributed by atoms with Crippen molar-refractivity contribution in [3.05, 3.63) is 96.1 Å². The van der Waals surface area contributed by atoms with E-state index in [9.17, 15) is 20.2 Å². The Morgan fingerprint density at radius 1 is 1.14 bits per heavy atom. The number of aryl methyl sites for hydroxylation is 2. The van der Waals surface area contributed by atoms with Crippen molar-refractivity contribution in [2.45, 2.75) is 27.4 Å². The number of non-ortho nitro benzene ring substituents is 1. The van der Waals surface area contributed by atoms with Crippen LogP contribution >= 0.6 is 22.6 Å². The van der Waals surface area contributed by atoms with Gasteiger partial charge >= 0.3 is 0 Å². The van der Waals surface area contributed by atoms with Gasteiger partial charge in [-0.2, -0.15) is 5.26 Å². The number of hydrogen-bond acceptors (Lipinski definition) is 6. The first-order valence-corrected chi connectivity index (χ1v) is 12.1. The molecule has 3 rings (SSSR count). The zero-order valence-corrected chi connectivity index (χ0v) is 22.2. The van der Waals surface area contributed by atoms with Crippen molar-refractivity contribution in [3.63, 3.8) is 0 Å². The van der Waals surface area contributed by atoms with E-state index in [2.05, 4.69) is 27.9 Å². The van der Waals surface area contributed by atoms with Gasteiger partial charge in [0.15, 0.2) is 11.5 Å². The van der Waals surface area contributed by atoms with Crippen LogP contribution in [-0.2, 0) is 11.4 Å². The van der Waals surface area contributed by atoms with E-state index >= 15 is 0 Å². The Bertz CT molecular complexity index is 1340. The minimum absolute atomic E-state index is 0.00870. The number of halogens is 1. The summed E-state index contributed by atoms with van der Waals surface area (Å²) >= 11 is 2.10. The summed E-state index contributed by atoms with van der Waals surface area (Å²) in [4.78, 5) is 23.2. The summed E-state index contributed by atoms with van der Waals surface area (Å²) in [6.45, 7) is 6.20. The molecule has 0 aromatic heterocycles. The number of anilines is 1. The molecule has 0 saturated carbocycles. The van der Waals surface area contributed by atoms with Crippen LogP contribution in [0.25, 0.3) is 6.08 Å². The lowest BCUT2D eigenvalue weighted by atomic mass is 10.1. The molecule has 9 heteroatoms. The number of nitrogens with one attached hydrogen (secondary N) is 1. The molecule has 1 amide bonds. The van der Waals surface area contributed by atoms with Gasteiger partial charge in [-0.1, -0.05) is 18.2 Å². The number of benzene rings is 3. The topological polar surface area (TPSA) is 114 Å². The average Bonchev–Trinajstić information content (AvgIpc) is 2.84. The van der Waals surface area contributed by atoms with Crippen LogP contribution in [0.2, 0.25) is 0 Å². The minimum Gasteiger partial charge on any atom is -0.490 e. The number of amides is 1. The molecular weight excluding hydrogens is 573 g/mol. The molecule has 0 aliphatic carbocycles. The Labute approximate surface area is 222 Å². The van der Waals surface area contributed by atoms with Gasteiger partial charge < -0.3 is 14.8 Å². The van der Waals surface area contributed by atoms with Crippen LogP contribution in [-0.4, -0.2) is 17.4 Å². The van der Waals surface area contributed by atoms with Crippen LogP contribution in [0, 0.1) is 38.9 Å². The highest BCUT2D eigenvalue weighted by molar-refractivity contribution is 14.1. The smallest absolute Gasteiger partial charge is 0.269 e. The van der Waals surface area contributed by atoms with Gasteiger partial charge in [0.2, 0.25) is 0 Å². The lowest BCUT2D eigenvalue weighted by Crippen LogP contribution is -2.15. The summed E-state index contributed by atoms with van der Waals surface area (Å²) in [5, 5.41) is 23.3. The predicted molar refractivity (Wildman–Crippen MR) is 146 cm³/mol. The van der Waals surface area contributed by atoms with Gasteiger partial charge in [-0.3, -0.25) is 14.9 Å². The van der Waals surface area contributed by atoms with Crippen LogP contribution in [0.15, 0.2) is 60.2 Å². The fraction of sp³-hybridized carbons (Fsp3) is 0.185. The highest BCUT2D eigenvalue weighted by atomic mass is 127. The second-order valence-electron chi connectivity index (χ2n) is 7.87. The number of nitro benzene ring substituents is 1. The van der Waals surface area contributed by atoms with Crippen LogP contribution in [0.3, 0.4) is 0 Å². The summed E-state index contributed by atoms with van der Waals surface area (Å²) in [6, 6.07) is 17.3. The van der Waals surface area contributed by atoms with Crippen molar-refractivity contribution >= 4 is 45.9 Å². The van der Waals surface area contributed by atoms with E-state index in [1.807, 2.05) is 45.0 Å². The average molecular weight is 597 g/mol. The molecule has 3 aromatic carbocycles. The number of ether oxygens (including phenoxy) is 2. The molecule has 0 bridgehead atoms. The maximum absolute atomic E-state index is 12.8. The first-order chi connectivity index (χ1) is 17.2. The summed E-state index contributed by atoms with van der Waals surface area (Å²) in [5.41, 5.74) is 3.83. The van der Waals surface area contributed by atoms with Gasteiger partial charge in [0.05, 0.1) is 15.1 Å². The fourth-order valence-corrected chi connectivity index (χ4v) is 4.23. The third-order valence-electron chi connectivity index (χ3n) is 5.26. The van der Waals surface area contributed by atoms with Gasteiger partial charge in [0.25, 0.3) is 11.6 Å². The van der Waals surface area contributed by atoms with Crippen molar-refractivity contribution < 1.29 is 19.2 Å². The van der Waals surface area contributed by atoms with Gasteiger partial charge in [-0.15, -0.1) is 0 Å². The number of carbonyl (C=O) groups is 1. The number of rotatable bonds is 9. The van der Waals surface area contributed by atoms with Crippen molar-refractivity contribution in [3.8, 4) is 17.6 Å². The van der Waals surface area contributed by atoms with Gasteiger partial charge in [0.1, 0.15) is 18.2 Å². The molecule has 184 valence electrons. The molecule has 0 atom stereocenters. The summed E-state index contributed by atoms with van der Waals surface area (Å²) in [6.07, 6.45) is 1.51. The standard InChI is InChI=1S/C27H24IN3O5/c1-4-35-24-14-20(12-21(15-29)27(32)30-25-17(2)6-5-7-18(25)3)13-23(28)26(24)36-16-19-8-10-22(11-9-19)31(33)34/h5-14H,4,16H2,1-3H3,(H,30,32)/b21-12-. The number of nitro groups is 1. The van der Waals surface area contributed by atoms with Gasteiger partial charge in [-0.25, -0.2) is 0 Å². The number of nitriles is 1. The number of hydrogen-bond donors (Lipinski definition) is 1. The summed E-state index contributed by atoms with van der Waals surface area (Å²) in [7, 11) is 0. The third-order valence-corrected chi connectivity index (χ3v) is 6.06. The maximum Gasteiger partial charge on any atom is 0.269 e. The molecule has 0 radical (unpaired) electrons. The fourth-order valence-electron chi connectivity index (χ4n) is 3.45. The molecule has 0 spiro atoms. The van der Waals surface area contributed by atoms with E-state index in [0.717, 1.165) is 20.3 Å². The lowest BCUT2D eigenvalue weighted by molar-refractivity contribution is -0.384. The molecule has 8 nitrogen and oxygen atoms in total. The quantitative estimate of drug-likeness (QED) is 0.101. The van der Waals surface area contributed by atoms with Crippen molar-refractivity contribution in [1.82, 2.24) is 0 Å². The van der Waals surface area contributed by atoms with Crippen molar-refractivity contribution in [2.24, 2.45) is 0 Å². The molecule has 1 N–H and O–H groups in total. The molecule has 0 aliphatic rings. The molecule has 0 heterocycles. The summed E-state index contributed by atoms with van der Waals surface area (Å²) in [5.74, 6) is 0.470. The van der Waals surface area contributed by atoms with Crippen LogP contribution in [0.1, 0.15) is 29.2 Å². The van der Waals surface area contributed by atoms with E-state index in [4.69, 9.17) is 9.47 Å². The second-order valence-corrected chi connectivity index (χ2v) is 9.03. The van der Waals surface area contributed by atoms with E-state index < -0.39 is 10.8 Å². The molecule has 36 heavy (non-hydrogen) atoms. The minimum atomic E-state index is -0.499. The molecule has 0 aliphatic heterocycles. The number of para-hydroxylation sites is 1. The Balaban J connectivity index is 1.85. The largest absolute Gasteiger partial charge is 0.490 e. The Morgan fingerprint density at radius 3 is 2.39 bits per heavy atom. The monoisotopic (exact) mass is 597 g/mol. The van der Waals surface area contributed by atoms with E-state index in [0.29, 0.717) is 29.4 Å². The van der Waals surface area contributed by atoms with Crippen molar-refractivity contribution in [1.29, 1.82) is 5.26 Å². The maximum atomic E-state index is 12.8. The first-order valence-electron chi connectivity index (χ1n) is 11.0. The van der Waals surface area contributed by atoms with Gasteiger partial charge in [0, 0.05) is 17.8 Å². The molecule has 3 aromatic rings. The zero-order valence-electron chi connectivity index (χ0n) is 20.0. The van der Waals surface area contributed by atoms with Gasteiger partial charge in [-0.05, 0) is 96.0 Å². The zero-order chi connectivity index (χ0) is 26.2. The molecule has 0 unspecified atom stereocenters. The third kappa shape index (κ3) is 6.60. The lowest BCUT2D eigenvalue weighted by Gasteiger charge is -2.15. The highest BCUT2D eigenvalue weighted by Gasteiger charge is 2.16. The number of nitrogens with zero attached hydrogens (tertiary/aromatic N) is 2. The van der Waals surface area contributed by atoms with Crippen LogP contribution in [0.5, 0.6) is 11.5 Å². The Kier molecular flexibility index (Phi) is 9.02. The second kappa shape index (κ2) is 12.2. The first kappa shape index (κ1) is 26.7. The molecule has 0 fully saturated rings. The Morgan fingerprint density at radius 2 is 1.81 bits per heavy atom. The van der Waals surface area contributed by atoms with E-state index in [1.54, 1.807) is 24.3 Å². The van der Waals surface area contributed by atoms with Crippen LogP contribution in [0.4, 0.5) is 11.4 Å². The normalized spacial score (nSPS) is 10.9. The summed E-state index contributed by atoms with van der Waals surface area (Å²) < 4.78 is 12.5. The predicted octanol–water partition coefficient (Wildman–Crippen LogP) is 6.34. The van der Waals surface area contributed by atoms with E-state index in [1.165, 1.54) is 18.2 Å². The molecular formula is C27H24IN3O5. The SMILES string of the molecule is CCOc1cc(/C=C(/C#N)C(=O)Nc2c(C)cccc2C)cc(I)c1OCc1ccc([N+](=O)[O-])cc1. The number of carbonyl (C=O) groups excluding carboxylic acids is 1.